The molecule has 0 aromatic rings. The van der Waals surface area contributed by atoms with Crippen molar-refractivity contribution in [3.8, 4) is 0 Å². The van der Waals surface area contributed by atoms with Crippen molar-refractivity contribution in [2.24, 2.45) is 0 Å². The summed E-state index contributed by atoms with van der Waals surface area (Å²) in [5, 5.41) is 0. The van der Waals surface area contributed by atoms with Crippen molar-refractivity contribution in [1.82, 2.24) is 0 Å². The maximum atomic E-state index is 12.9. The molecule has 0 rings (SSSR count). The van der Waals surface area contributed by atoms with Gasteiger partial charge in [0, 0.05) is 19.3 Å². The van der Waals surface area contributed by atoms with E-state index in [4.69, 9.17) is 14.2 Å². The topological polar surface area (TPSA) is 78.9 Å². The number of allylic oxidation sites excluding steroid dienone is 20. The van der Waals surface area contributed by atoms with E-state index in [2.05, 4.69) is 142 Å². The molecule has 0 saturated heterocycles. The Morgan fingerprint density at radius 2 is 0.488 bits per heavy atom. The Labute approximate surface area is 507 Å². The third kappa shape index (κ3) is 66.6. The Kier molecular flexibility index (Phi) is 65.8. The van der Waals surface area contributed by atoms with E-state index in [9.17, 15) is 14.4 Å². The van der Waals surface area contributed by atoms with Crippen LogP contribution in [0.3, 0.4) is 0 Å². The van der Waals surface area contributed by atoms with Crippen LogP contribution in [0.1, 0.15) is 323 Å². The average molecular weight is 1140 g/mol. The summed E-state index contributed by atoms with van der Waals surface area (Å²) in [6.07, 6.45) is 96.4. The van der Waals surface area contributed by atoms with E-state index in [0.717, 1.165) is 141 Å². The third-order valence-corrected chi connectivity index (χ3v) is 14.7. The number of hydrogen-bond acceptors (Lipinski definition) is 6. The molecule has 0 saturated carbocycles. The van der Waals surface area contributed by atoms with Crippen molar-refractivity contribution in [1.29, 1.82) is 0 Å². The SMILES string of the molecule is CC/C=C\C/C=C\C/C=C\C/C=C\C/C=C\CCCCCCCCCCCCCCCCCC(=O)OCC(COC(=O)CCCCCCC/C=C\C/C=C\CCCC)OC(=O)CCCCCCCC/C=C\C/C=C\C/C=C\CCCCC. The van der Waals surface area contributed by atoms with Gasteiger partial charge < -0.3 is 14.2 Å². The first-order valence-electron chi connectivity index (χ1n) is 34.5. The number of hydrogen-bond donors (Lipinski definition) is 0. The molecule has 6 heteroatoms. The van der Waals surface area contributed by atoms with Crippen LogP contribution >= 0.6 is 0 Å². The Hall–Kier alpha value is -4.19. The molecule has 0 bridgehead atoms. The molecule has 0 aromatic heterocycles. The molecule has 468 valence electrons. The normalized spacial score (nSPS) is 12.9. The first kappa shape index (κ1) is 77.8. The summed E-state index contributed by atoms with van der Waals surface area (Å²) in [6.45, 7) is 6.46. The highest BCUT2D eigenvalue weighted by molar-refractivity contribution is 5.71. The second-order valence-corrected chi connectivity index (χ2v) is 22.7. The van der Waals surface area contributed by atoms with Crippen LogP contribution in [0.4, 0.5) is 0 Å². The van der Waals surface area contributed by atoms with Gasteiger partial charge in [0.2, 0.25) is 0 Å². The van der Waals surface area contributed by atoms with Crippen LogP contribution in [0.5, 0.6) is 0 Å². The fraction of sp³-hybridized carbons (Fsp3) is 0.697. The summed E-state index contributed by atoms with van der Waals surface area (Å²) in [6, 6.07) is 0. The highest BCUT2D eigenvalue weighted by atomic mass is 16.6. The molecule has 0 aliphatic carbocycles. The number of ether oxygens (including phenoxy) is 3. The average Bonchev–Trinajstić information content (AvgIpc) is 3.47. The fourth-order valence-electron chi connectivity index (χ4n) is 9.49. The lowest BCUT2D eigenvalue weighted by molar-refractivity contribution is -0.167. The van der Waals surface area contributed by atoms with Crippen molar-refractivity contribution < 1.29 is 28.6 Å². The second kappa shape index (κ2) is 69.3. The molecule has 0 heterocycles. The Balaban J connectivity index is 4.28. The predicted octanol–water partition coefficient (Wildman–Crippen LogP) is 23.9. The smallest absolute Gasteiger partial charge is 0.306 e. The molecule has 0 radical (unpaired) electrons. The molecule has 0 amide bonds. The highest BCUT2D eigenvalue weighted by Gasteiger charge is 2.19. The van der Waals surface area contributed by atoms with Crippen LogP contribution < -0.4 is 0 Å². The molecule has 82 heavy (non-hydrogen) atoms. The second-order valence-electron chi connectivity index (χ2n) is 22.7. The molecule has 0 aliphatic rings. The van der Waals surface area contributed by atoms with Crippen LogP contribution in [-0.2, 0) is 28.6 Å². The minimum absolute atomic E-state index is 0.0882. The van der Waals surface area contributed by atoms with E-state index < -0.39 is 6.10 Å². The Bertz CT molecular complexity index is 1690. The van der Waals surface area contributed by atoms with Crippen molar-refractivity contribution in [2.45, 2.75) is 329 Å². The third-order valence-electron chi connectivity index (χ3n) is 14.7. The zero-order chi connectivity index (χ0) is 59.2. The standard InChI is InChI=1S/C76H128O6/c1-4-7-10-13-16-19-22-25-28-30-32-33-34-35-36-37-38-39-40-41-42-43-45-46-48-51-54-57-60-63-66-69-75(78)81-72-73(71-80-74(77)68-65-62-59-56-53-50-27-24-21-18-15-12-9-6-3)82-76(79)70-67-64-61-58-55-52-49-47-44-31-29-26-23-20-17-14-11-8-5-2/h7,10,15-20,24-29,32-33,35-36,44,47,73H,4-6,8-9,11-14,21-23,30-31,34,37-43,45-46,48-72H2,1-3H3/b10-7-,18-15-,19-16-,20-17-,27-24-,28-25-,29-26-,33-32-,36-35-,47-44-. The minimum Gasteiger partial charge on any atom is -0.462 e. The molecule has 0 aromatic carbocycles. The van der Waals surface area contributed by atoms with Gasteiger partial charge in [-0.3, -0.25) is 14.4 Å². The zero-order valence-corrected chi connectivity index (χ0v) is 53.7. The van der Waals surface area contributed by atoms with Crippen molar-refractivity contribution in [3.05, 3.63) is 122 Å². The summed E-state index contributed by atoms with van der Waals surface area (Å²) in [7, 11) is 0. The van der Waals surface area contributed by atoms with Gasteiger partial charge >= 0.3 is 17.9 Å². The summed E-state index contributed by atoms with van der Waals surface area (Å²) in [4.78, 5) is 38.4. The minimum atomic E-state index is -0.794. The lowest BCUT2D eigenvalue weighted by Crippen LogP contribution is -2.30. The number of rotatable bonds is 62. The lowest BCUT2D eigenvalue weighted by atomic mass is 10.0. The summed E-state index contributed by atoms with van der Waals surface area (Å²) in [5.41, 5.74) is 0. The van der Waals surface area contributed by atoms with Gasteiger partial charge in [-0.25, -0.2) is 0 Å². The Morgan fingerprint density at radius 3 is 0.780 bits per heavy atom. The largest absolute Gasteiger partial charge is 0.462 e. The van der Waals surface area contributed by atoms with E-state index in [1.54, 1.807) is 0 Å². The van der Waals surface area contributed by atoms with Crippen LogP contribution in [-0.4, -0.2) is 37.2 Å². The summed E-state index contributed by atoms with van der Waals surface area (Å²) in [5.74, 6) is -0.906. The van der Waals surface area contributed by atoms with Gasteiger partial charge in [-0.05, 0) is 128 Å². The van der Waals surface area contributed by atoms with Gasteiger partial charge in [0.05, 0.1) is 0 Å². The number of carbonyl (C=O) groups excluding carboxylic acids is 3. The van der Waals surface area contributed by atoms with E-state index >= 15 is 0 Å². The zero-order valence-electron chi connectivity index (χ0n) is 53.7. The molecule has 0 fully saturated rings. The maximum Gasteiger partial charge on any atom is 0.306 e. The monoisotopic (exact) mass is 1140 g/mol. The van der Waals surface area contributed by atoms with Crippen molar-refractivity contribution in [2.75, 3.05) is 13.2 Å². The van der Waals surface area contributed by atoms with E-state index in [1.807, 2.05) is 0 Å². The number of unbranched alkanes of at least 4 members (excludes halogenated alkanes) is 31. The van der Waals surface area contributed by atoms with Gasteiger partial charge in [-0.1, -0.05) is 296 Å². The number of carbonyl (C=O) groups is 3. The summed E-state index contributed by atoms with van der Waals surface area (Å²) >= 11 is 0. The van der Waals surface area contributed by atoms with Gasteiger partial charge in [-0.2, -0.15) is 0 Å². The van der Waals surface area contributed by atoms with Gasteiger partial charge in [0.1, 0.15) is 13.2 Å². The predicted molar refractivity (Wildman–Crippen MR) is 357 cm³/mol. The van der Waals surface area contributed by atoms with Crippen LogP contribution in [0, 0.1) is 0 Å². The molecule has 0 aliphatic heterocycles. The lowest BCUT2D eigenvalue weighted by Gasteiger charge is -2.18. The quantitative estimate of drug-likeness (QED) is 0.0261. The molecular formula is C76H128O6. The van der Waals surface area contributed by atoms with Crippen molar-refractivity contribution >= 4 is 17.9 Å². The van der Waals surface area contributed by atoms with Crippen LogP contribution in [0.15, 0.2) is 122 Å². The van der Waals surface area contributed by atoms with E-state index in [-0.39, 0.29) is 31.1 Å². The van der Waals surface area contributed by atoms with Crippen LogP contribution in [0.2, 0.25) is 0 Å². The maximum absolute atomic E-state index is 12.9. The highest BCUT2D eigenvalue weighted by Crippen LogP contribution is 2.16. The molecule has 0 N–H and O–H groups in total. The number of esters is 3. The Morgan fingerprint density at radius 1 is 0.256 bits per heavy atom. The van der Waals surface area contributed by atoms with Gasteiger partial charge in [-0.15, -0.1) is 0 Å². The van der Waals surface area contributed by atoms with Gasteiger partial charge in [0.25, 0.3) is 0 Å². The summed E-state index contributed by atoms with van der Waals surface area (Å²) < 4.78 is 16.9. The molecular weight excluding hydrogens is 1010 g/mol. The van der Waals surface area contributed by atoms with Gasteiger partial charge in [0.15, 0.2) is 6.10 Å². The molecule has 6 nitrogen and oxygen atoms in total. The van der Waals surface area contributed by atoms with E-state index in [1.165, 1.54) is 141 Å². The fourth-order valence-corrected chi connectivity index (χ4v) is 9.49. The first-order chi connectivity index (χ1) is 40.5. The van der Waals surface area contributed by atoms with Crippen molar-refractivity contribution in [3.63, 3.8) is 0 Å². The first-order valence-corrected chi connectivity index (χ1v) is 34.5. The van der Waals surface area contributed by atoms with Crippen LogP contribution in [0.25, 0.3) is 0 Å². The van der Waals surface area contributed by atoms with E-state index in [0.29, 0.717) is 19.3 Å². The molecule has 1 atom stereocenters. The molecule has 0 spiro atoms. The molecule has 1 unspecified atom stereocenters.